The van der Waals surface area contributed by atoms with E-state index in [-0.39, 0.29) is 5.16 Å². The molecule has 0 atom stereocenters. The Labute approximate surface area is 71.6 Å². The summed E-state index contributed by atoms with van der Waals surface area (Å²) in [7, 11) is -3.26. The molecule has 1 aromatic heterocycles. The van der Waals surface area contributed by atoms with Crippen molar-refractivity contribution in [1.29, 1.82) is 0 Å². The average Bonchev–Trinajstić information content (AvgIpc) is 1.92. The van der Waals surface area contributed by atoms with Gasteiger partial charge in [0.15, 0.2) is 0 Å². The molecule has 0 unspecified atom stereocenters. The van der Waals surface area contributed by atoms with Crippen LogP contribution in [0.3, 0.4) is 0 Å². The van der Waals surface area contributed by atoms with E-state index >= 15 is 0 Å². The van der Waals surface area contributed by atoms with Crippen LogP contribution in [0.1, 0.15) is 11.3 Å². The van der Waals surface area contributed by atoms with Gasteiger partial charge in [-0.3, -0.25) is 0 Å². The van der Waals surface area contributed by atoms with Gasteiger partial charge >= 0.3 is 0 Å². The second kappa shape index (κ2) is 2.82. The van der Waals surface area contributed by atoms with E-state index in [1.165, 1.54) is 6.20 Å². The minimum absolute atomic E-state index is 0.106. The summed E-state index contributed by atoms with van der Waals surface area (Å²) in [5, 5.41) is -0.106. The number of aryl methyl sites for hydroxylation is 2. The minimum Gasteiger partial charge on any atom is -0.227 e. The molecule has 66 valence electrons. The fourth-order valence-corrected chi connectivity index (χ4v) is 1.23. The molecule has 0 aliphatic carbocycles. The quantitative estimate of drug-likeness (QED) is 0.599. The van der Waals surface area contributed by atoms with Crippen LogP contribution in [-0.2, 0) is 9.84 Å². The minimum atomic E-state index is -3.26. The summed E-state index contributed by atoms with van der Waals surface area (Å²) >= 11 is 0. The third-order valence-corrected chi connectivity index (χ3v) is 2.39. The van der Waals surface area contributed by atoms with Crippen LogP contribution in [0.4, 0.5) is 0 Å². The van der Waals surface area contributed by atoms with Gasteiger partial charge in [0.1, 0.15) is 0 Å². The van der Waals surface area contributed by atoms with Gasteiger partial charge in [0.05, 0.1) is 0 Å². The number of aromatic nitrogens is 2. The number of rotatable bonds is 1. The molecule has 0 aliphatic heterocycles. The van der Waals surface area contributed by atoms with E-state index in [2.05, 4.69) is 9.97 Å². The van der Waals surface area contributed by atoms with Gasteiger partial charge in [0.2, 0.25) is 15.0 Å². The Hall–Kier alpha value is -0.970. The first-order valence-corrected chi connectivity index (χ1v) is 5.30. The molecule has 1 rings (SSSR count). The van der Waals surface area contributed by atoms with Crippen LogP contribution < -0.4 is 0 Å². The molecule has 0 fully saturated rings. The van der Waals surface area contributed by atoms with E-state index in [4.69, 9.17) is 0 Å². The van der Waals surface area contributed by atoms with Crippen molar-refractivity contribution in [2.75, 3.05) is 6.26 Å². The highest BCUT2D eigenvalue weighted by Gasteiger charge is 2.10. The zero-order chi connectivity index (χ0) is 9.35. The van der Waals surface area contributed by atoms with Crippen molar-refractivity contribution in [3.63, 3.8) is 0 Å². The van der Waals surface area contributed by atoms with Crippen LogP contribution in [0, 0.1) is 13.8 Å². The van der Waals surface area contributed by atoms with Crippen molar-refractivity contribution >= 4 is 9.84 Å². The zero-order valence-electron chi connectivity index (χ0n) is 7.20. The molecule has 0 aromatic carbocycles. The lowest BCUT2D eigenvalue weighted by Crippen LogP contribution is -2.05. The first-order chi connectivity index (χ1) is 5.41. The second-order valence-corrected chi connectivity index (χ2v) is 4.60. The Bertz CT molecular complexity index is 398. The molecular weight excluding hydrogens is 176 g/mol. The smallest absolute Gasteiger partial charge is 0.227 e. The molecule has 0 saturated carbocycles. The number of hydrogen-bond acceptors (Lipinski definition) is 4. The van der Waals surface area contributed by atoms with E-state index in [0.717, 1.165) is 11.8 Å². The summed E-state index contributed by atoms with van der Waals surface area (Å²) in [6, 6.07) is 0. The maximum atomic E-state index is 11.0. The SMILES string of the molecule is Cc1cnc(S(C)(=O)=O)nc1C. The predicted molar refractivity (Wildman–Crippen MR) is 44.6 cm³/mol. The molecule has 12 heavy (non-hydrogen) atoms. The fourth-order valence-electron chi connectivity index (χ4n) is 0.685. The lowest BCUT2D eigenvalue weighted by Gasteiger charge is -1.99. The fraction of sp³-hybridized carbons (Fsp3) is 0.429. The van der Waals surface area contributed by atoms with Crippen molar-refractivity contribution in [1.82, 2.24) is 9.97 Å². The first-order valence-electron chi connectivity index (χ1n) is 3.41. The predicted octanol–water partition coefficient (Wildman–Crippen LogP) is 0.497. The average molecular weight is 186 g/mol. The summed E-state index contributed by atoms with van der Waals surface area (Å²) in [5.41, 5.74) is 1.59. The monoisotopic (exact) mass is 186 g/mol. The Morgan fingerprint density at radius 1 is 1.33 bits per heavy atom. The normalized spacial score (nSPS) is 11.6. The Morgan fingerprint density at radius 3 is 2.33 bits per heavy atom. The molecule has 1 heterocycles. The van der Waals surface area contributed by atoms with Crippen LogP contribution in [-0.4, -0.2) is 24.6 Å². The first kappa shape index (κ1) is 9.12. The lowest BCUT2D eigenvalue weighted by atomic mass is 10.3. The highest BCUT2D eigenvalue weighted by Crippen LogP contribution is 2.05. The van der Waals surface area contributed by atoms with E-state index in [0.29, 0.717) is 5.69 Å². The summed E-state index contributed by atoms with van der Waals surface area (Å²) in [6.07, 6.45) is 2.61. The number of nitrogens with zero attached hydrogens (tertiary/aromatic N) is 2. The molecule has 0 saturated heterocycles. The Morgan fingerprint density at radius 2 is 1.92 bits per heavy atom. The van der Waals surface area contributed by atoms with Gasteiger partial charge in [0.25, 0.3) is 0 Å². The largest absolute Gasteiger partial charge is 0.246 e. The van der Waals surface area contributed by atoms with Gasteiger partial charge in [-0.1, -0.05) is 0 Å². The highest BCUT2D eigenvalue weighted by atomic mass is 32.2. The second-order valence-electron chi connectivity index (χ2n) is 2.69. The van der Waals surface area contributed by atoms with Crippen molar-refractivity contribution in [2.24, 2.45) is 0 Å². The molecule has 0 bridgehead atoms. The zero-order valence-corrected chi connectivity index (χ0v) is 8.01. The summed E-state index contributed by atoms with van der Waals surface area (Å²) < 4.78 is 21.9. The van der Waals surface area contributed by atoms with Crippen molar-refractivity contribution in [3.05, 3.63) is 17.5 Å². The molecule has 0 aliphatic rings. The van der Waals surface area contributed by atoms with E-state index in [1.807, 2.05) is 6.92 Å². The Kier molecular flexibility index (Phi) is 2.14. The Balaban J connectivity index is 3.33. The van der Waals surface area contributed by atoms with E-state index in [9.17, 15) is 8.42 Å². The maximum absolute atomic E-state index is 11.0. The van der Waals surface area contributed by atoms with Gasteiger partial charge in [-0.05, 0) is 19.4 Å². The standard InChI is InChI=1S/C7H10N2O2S/c1-5-4-8-7(9-6(5)2)12(3,10)11/h4H,1-3H3. The summed E-state index contributed by atoms with van der Waals surface area (Å²) in [5.74, 6) is 0. The van der Waals surface area contributed by atoms with Gasteiger partial charge in [-0.15, -0.1) is 0 Å². The molecule has 0 amide bonds. The van der Waals surface area contributed by atoms with Crippen molar-refractivity contribution in [3.8, 4) is 0 Å². The van der Waals surface area contributed by atoms with E-state index in [1.54, 1.807) is 6.92 Å². The molecule has 0 N–H and O–H groups in total. The van der Waals surface area contributed by atoms with Gasteiger partial charge in [0, 0.05) is 18.1 Å². The third-order valence-electron chi connectivity index (χ3n) is 1.53. The molecular formula is C7H10N2O2S. The molecule has 0 radical (unpaired) electrons. The summed E-state index contributed by atoms with van der Waals surface area (Å²) in [4.78, 5) is 7.56. The topological polar surface area (TPSA) is 59.9 Å². The van der Waals surface area contributed by atoms with Crippen LogP contribution >= 0.6 is 0 Å². The van der Waals surface area contributed by atoms with Crippen LogP contribution in [0.25, 0.3) is 0 Å². The van der Waals surface area contributed by atoms with Crippen LogP contribution in [0.2, 0.25) is 0 Å². The van der Waals surface area contributed by atoms with Crippen molar-refractivity contribution in [2.45, 2.75) is 19.0 Å². The van der Waals surface area contributed by atoms with Gasteiger partial charge < -0.3 is 0 Å². The number of hydrogen-bond donors (Lipinski definition) is 0. The summed E-state index contributed by atoms with van der Waals surface area (Å²) in [6.45, 7) is 3.59. The van der Waals surface area contributed by atoms with Crippen molar-refractivity contribution < 1.29 is 8.42 Å². The van der Waals surface area contributed by atoms with Gasteiger partial charge in [-0.25, -0.2) is 18.4 Å². The number of sulfone groups is 1. The molecule has 5 heteroatoms. The van der Waals surface area contributed by atoms with Crippen LogP contribution in [0.15, 0.2) is 11.4 Å². The molecule has 4 nitrogen and oxygen atoms in total. The van der Waals surface area contributed by atoms with Crippen LogP contribution in [0.5, 0.6) is 0 Å². The highest BCUT2D eigenvalue weighted by molar-refractivity contribution is 7.90. The van der Waals surface area contributed by atoms with E-state index < -0.39 is 9.84 Å². The molecule has 1 aromatic rings. The molecule has 0 spiro atoms. The lowest BCUT2D eigenvalue weighted by molar-refractivity contribution is 0.592. The van der Waals surface area contributed by atoms with Gasteiger partial charge in [-0.2, -0.15) is 0 Å². The third kappa shape index (κ3) is 1.79. The maximum Gasteiger partial charge on any atom is 0.246 e.